The van der Waals surface area contributed by atoms with Crippen molar-refractivity contribution in [1.29, 1.82) is 0 Å². The second-order valence-corrected chi connectivity index (χ2v) is 9.60. The quantitative estimate of drug-likeness (QED) is 0.191. The summed E-state index contributed by atoms with van der Waals surface area (Å²) < 4.78 is 83.0. The first-order valence-corrected chi connectivity index (χ1v) is 13.2. The number of benzene rings is 2. The van der Waals surface area contributed by atoms with Crippen LogP contribution in [0.3, 0.4) is 0 Å². The molecule has 0 radical (unpaired) electrons. The van der Waals surface area contributed by atoms with Crippen molar-refractivity contribution in [3.63, 3.8) is 0 Å². The van der Waals surface area contributed by atoms with Gasteiger partial charge in [-0.25, -0.2) is 26.3 Å². The molecule has 0 bridgehead atoms. The number of rotatable bonds is 11. The van der Waals surface area contributed by atoms with E-state index in [-0.39, 0.29) is 30.0 Å². The molecule has 2 aromatic heterocycles. The van der Waals surface area contributed by atoms with E-state index in [9.17, 15) is 35.9 Å². The van der Waals surface area contributed by atoms with E-state index in [1.54, 1.807) is 36.4 Å². The van der Waals surface area contributed by atoms with Gasteiger partial charge in [0.1, 0.15) is 29.1 Å². The number of alkyl halides is 4. The summed E-state index contributed by atoms with van der Waals surface area (Å²) in [7, 11) is 1.47. The molecule has 226 valence electrons. The van der Waals surface area contributed by atoms with Crippen LogP contribution in [0.4, 0.5) is 26.3 Å². The van der Waals surface area contributed by atoms with Gasteiger partial charge in [-0.2, -0.15) is 5.10 Å². The molecule has 2 aromatic carbocycles. The van der Waals surface area contributed by atoms with Crippen LogP contribution in [0.15, 0.2) is 66.9 Å². The molecule has 2 N–H and O–H groups in total. The molecule has 2 heterocycles. The molecule has 4 aromatic rings. The number of hydrogen-bond acceptors (Lipinski definition) is 4. The zero-order valence-electron chi connectivity index (χ0n) is 23.0. The highest BCUT2D eigenvalue weighted by Crippen LogP contribution is 2.32. The van der Waals surface area contributed by atoms with Crippen LogP contribution in [-0.2, 0) is 11.2 Å². The molecule has 4 rings (SSSR count). The van der Waals surface area contributed by atoms with Crippen molar-refractivity contribution in [3.05, 3.63) is 107 Å². The third-order valence-electron chi connectivity index (χ3n) is 6.73. The van der Waals surface area contributed by atoms with Gasteiger partial charge in [0, 0.05) is 30.4 Å². The molecule has 0 spiro atoms. The Balaban J connectivity index is 1.79. The first-order chi connectivity index (χ1) is 20.5. The molecule has 2 atom stereocenters. The minimum Gasteiger partial charge on any atom is -0.355 e. The topological polar surface area (TPSA) is 88.9 Å². The van der Waals surface area contributed by atoms with E-state index in [1.165, 1.54) is 20.2 Å². The number of nitrogens with one attached hydrogen (secondary N) is 2. The first kappa shape index (κ1) is 31.3. The Kier molecular flexibility index (Phi) is 9.84. The molecule has 43 heavy (non-hydrogen) atoms. The zero-order valence-corrected chi connectivity index (χ0v) is 23.0. The summed E-state index contributed by atoms with van der Waals surface area (Å²) in [6.45, 7) is 1.50. The predicted molar refractivity (Wildman–Crippen MR) is 145 cm³/mol. The number of pyridine rings is 1. The SMILES string of the molecule is CCC(C(=O)N[C@@H](Cc1cc(F)cc(F)c1)c1ncccc1-c1cccc(C(=O)NC)c1)n1nc(C(F)F)cc1C(F)F. The summed E-state index contributed by atoms with van der Waals surface area (Å²) in [4.78, 5) is 30.3. The zero-order chi connectivity index (χ0) is 31.3. The largest absolute Gasteiger partial charge is 0.355 e. The van der Waals surface area contributed by atoms with Gasteiger partial charge in [-0.05, 0) is 60.4 Å². The van der Waals surface area contributed by atoms with Gasteiger partial charge in [0.2, 0.25) is 5.91 Å². The Morgan fingerprint density at radius 1 is 0.930 bits per heavy atom. The smallest absolute Gasteiger partial charge is 0.282 e. The lowest BCUT2D eigenvalue weighted by atomic mass is 9.94. The molecule has 0 aliphatic heterocycles. The van der Waals surface area contributed by atoms with Gasteiger partial charge in [0.15, 0.2) is 0 Å². The van der Waals surface area contributed by atoms with Gasteiger partial charge < -0.3 is 10.6 Å². The number of halogens is 6. The van der Waals surface area contributed by atoms with E-state index in [1.807, 2.05) is 0 Å². The Morgan fingerprint density at radius 2 is 1.65 bits per heavy atom. The van der Waals surface area contributed by atoms with Crippen molar-refractivity contribution in [3.8, 4) is 11.1 Å². The van der Waals surface area contributed by atoms with Crippen molar-refractivity contribution < 1.29 is 35.9 Å². The molecule has 0 saturated carbocycles. The molecule has 1 unspecified atom stereocenters. The Hall–Kier alpha value is -4.68. The lowest BCUT2D eigenvalue weighted by Crippen LogP contribution is -2.37. The Labute approximate surface area is 242 Å². The molecular weight excluding hydrogens is 576 g/mol. The van der Waals surface area contributed by atoms with Crippen molar-refractivity contribution in [1.82, 2.24) is 25.4 Å². The van der Waals surface area contributed by atoms with Crippen LogP contribution < -0.4 is 10.6 Å². The van der Waals surface area contributed by atoms with Gasteiger partial charge in [0.05, 0.1) is 11.7 Å². The molecule has 0 aliphatic carbocycles. The van der Waals surface area contributed by atoms with Gasteiger partial charge >= 0.3 is 0 Å². The van der Waals surface area contributed by atoms with Gasteiger partial charge in [-0.1, -0.05) is 25.1 Å². The van der Waals surface area contributed by atoms with Crippen LogP contribution in [0.2, 0.25) is 0 Å². The van der Waals surface area contributed by atoms with Gasteiger partial charge in [0.25, 0.3) is 18.8 Å². The Morgan fingerprint density at radius 3 is 2.28 bits per heavy atom. The first-order valence-electron chi connectivity index (χ1n) is 13.2. The summed E-state index contributed by atoms with van der Waals surface area (Å²) >= 11 is 0. The minimum absolute atomic E-state index is 0.0968. The second kappa shape index (κ2) is 13.5. The number of aromatic nitrogens is 3. The molecule has 7 nitrogen and oxygen atoms in total. The van der Waals surface area contributed by atoms with Crippen LogP contribution >= 0.6 is 0 Å². The fourth-order valence-corrected chi connectivity index (χ4v) is 4.78. The highest BCUT2D eigenvalue weighted by atomic mass is 19.3. The summed E-state index contributed by atoms with van der Waals surface area (Å²) in [6.07, 6.45) is -5.18. The summed E-state index contributed by atoms with van der Waals surface area (Å²) in [6, 6.07) is 10.7. The van der Waals surface area contributed by atoms with Crippen LogP contribution in [0.25, 0.3) is 11.1 Å². The van der Waals surface area contributed by atoms with E-state index in [4.69, 9.17) is 0 Å². The monoisotopic (exact) mass is 603 g/mol. The average molecular weight is 604 g/mol. The van der Waals surface area contributed by atoms with E-state index >= 15 is 0 Å². The number of nitrogens with zero attached hydrogens (tertiary/aromatic N) is 3. The molecule has 0 saturated heterocycles. The summed E-state index contributed by atoms with van der Waals surface area (Å²) in [5.74, 6) is -2.92. The third kappa shape index (κ3) is 7.22. The van der Waals surface area contributed by atoms with Crippen molar-refractivity contribution in [2.24, 2.45) is 0 Å². The molecule has 0 fully saturated rings. The fraction of sp³-hybridized carbons (Fsp3) is 0.267. The maximum atomic E-state index is 14.1. The fourth-order valence-electron chi connectivity index (χ4n) is 4.78. The van der Waals surface area contributed by atoms with E-state index in [2.05, 4.69) is 20.7 Å². The van der Waals surface area contributed by atoms with Crippen LogP contribution in [0.1, 0.15) is 71.3 Å². The second-order valence-electron chi connectivity index (χ2n) is 9.60. The third-order valence-corrected chi connectivity index (χ3v) is 6.73. The number of amides is 2. The van der Waals surface area contributed by atoms with Crippen LogP contribution in [0.5, 0.6) is 0 Å². The van der Waals surface area contributed by atoms with Crippen molar-refractivity contribution in [2.45, 2.75) is 44.7 Å². The summed E-state index contributed by atoms with van der Waals surface area (Å²) in [5, 5.41) is 8.83. The Bertz CT molecular complexity index is 1590. The maximum Gasteiger partial charge on any atom is 0.282 e. The molecule has 13 heteroatoms. The standard InChI is InChI=1S/C30H27F6N5O2/c1-3-24(41-25(28(35)36)15-23(40-41)27(33)34)30(43)39-22(12-16-10-19(31)14-20(32)11-16)26-21(8-5-9-38-26)17-6-4-7-18(13-17)29(42)37-2/h4-11,13-15,22,24,27-28H,3,12H2,1-2H3,(H,37,42)(H,39,43)/t22-,24?/m0/s1. The number of hydrogen-bond donors (Lipinski definition) is 2. The van der Waals surface area contributed by atoms with Gasteiger partial charge in [-0.15, -0.1) is 0 Å². The average Bonchev–Trinajstić information content (AvgIpc) is 3.42. The number of carbonyl (C=O) groups excluding carboxylic acids is 2. The normalized spacial score (nSPS) is 12.8. The van der Waals surface area contributed by atoms with Gasteiger partial charge in [-0.3, -0.25) is 19.3 Å². The van der Waals surface area contributed by atoms with Crippen LogP contribution in [0, 0.1) is 11.6 Å². The predicted octanol–water partition coefficient (Wildman–Crippen LogP) is 6.51. The molecule has 0 aliphatic rings. The van der Waals surface area contributed by atoms with E-state index in [0.29, 0.717) is 33.5 Å². The van der Waals surface area contributed by atoms with E-state index in [0.717, 1.165) is 12.1 Å². The summed E-state index contributed by atoms with van der Waals surface area (Å²) in [5.41, 5.74) is -0.0276. The maximum absolute atomic E-state index is 14.1. The van der Waals surface area contributed by atoms with Crippen molar-refractivity contribution >= 4 is 11.8 Å². The van der Waals surface area contributed by atoms with E-state index < -0.39 is 53.9 Å². The molecule has 2 amide bonds. The lowest BCUT2D eigenvalue weighted by molar-refractivity contribution is -0.125. The molecular formula is C30H27F6N5O2. The number of carbonyl (C=O) groups is 2. The minimum atomic E-state index is -3.19. The lowest BCUT2D eigenvalue weighted by Gasteiger charge is -2.25. The van der Waals surface area contributed by atoms with Crippen LogP contribution in [-0.4, -0.2) is 33.6 Å². The highest BCUT2D eigenvalue weighted by Gasteiger charge is 2.31. The highest BCUT2D eigenvalue weighted by molar-refractivity contribution is 5.95. The van der Waals surface area contributed by atoms with Crippen molar-refractivity contribution in [2.75, 3.05) is 7.05 Å².